The van der Waals surface area contributed by atoms with Gasteiger partial charge in [-0.1, -0.05) is 19.8 Å². The average Bonchev–Trinajstić information content (AvgIpc) is 2.76. The minimum atomic E-state index is 0.184. The zero-order valence-electron chi connectivity index (χ0n) is 12.6. The number of nitrogens with zero attached hydrogens (tertiary/aromatic N) is 2. The van der Waals surface area contributed by atoms with Crippen LogP contribution in [-0.4, -0.2) is 15.7 Å². The third kappa shape index (κ3) is 3.48. The Balaban J connectivity index is 2.31. The Morgan fingerprint density at radius 3 is 2.75 bits per heavy atom. The molecule has 3 nitrogen and oxygen atoms in total. The van der Waals surface area contributed by atoms with Gasteiger partial charge < -0.3 is 9.30 Å². The first-order chi connectivity index (χ1) is 9.65. The van der Waals surface area contributed by atoms with Crippen LogP contribution in [-0.2, 0) is 12.3 Å². The highest BCUT2D eigenvalue weighted by Gasteiger charge is 2.10. The summed E-state index contributed by atoms with van der Waals surface area (Å²) in [6.45, 7) is 7.31. The van der Waals surface area contributed by atoms with E-state index >= 15 is 0 Å². The molecule has 2 aromatic rings. The van der Waals surface area contributed by atoms with Crippen molar-refractivity contribution in [3.63, 3.8) is 0 Å². The summed E-state index contributed by atoms with van der Waals surface area (Å²) < 4.78 is 8.02. The Labute approximate surface area is 126 Å². The molecule has 0 amide bonds. The second-order valence-corrected chi connectivity index (χ2v) is 5.68. The second kappa shape index (κ2) is 7.02. The number of fused-ring (bicyclic) bond motifs is 1. The van der Waals surface area contributed by atoms with Crippen LogP contribution >= 0.6 is 12.6 Å². The summed E-state index contributed by atoms with van der Waals surface area (Å²) in [5, 5.41) is 0. The number of aromatic nitrogens is 2. The fraction of sp³-hybridized carbons (Fsp3) is 0.562. The summed E-state index contributed by atoms with van der Waals surface area (Å²) in [5.41, 5.74) is 2.19. The fourth-order valence-electron chi connectivity index (χ4n) is 2.40. The molecule has 0 fully saturated rings. The van der Waals surface area contributed by atoms with E-state index < -0.39 is 0 Å². The molecule has 0 atom stereocenters. The predicted molar refractivity (Wildman–Crippen MR) is 87.7 cm³/mol. The van der Waals surface area contributed by atoms with Crippen LogP contribution in [0, 0.1) is 0 Å². The van der Waals surface area contributed by atoms with Gasteiger partial charge in [-0.3, -0.25) is 0 Å². The van der Waals surface area contributed by atoms with Crippen LogP contribution in [0.4, 0.5) is 0 Å². The van der Waals surface area contributed by atoms with Crippen LogP contribution < -0.4 is 4.74 Å². The van der Waals surface area contributed by atoms with Crippen LogP contribution in [0.5, 0.6) is 5.75 Å². The van der Waals surface area contributed by atoms with Crippen molar-refractivity contribution in [3.05, 3.63) is 24.0 Å². The monoisotopic (exact) mass is 292 g/mol. The number of aryl methyl sites for hydroxylation is 1. The molecule has 1 heterocycles. The van der Waals surface area contributed by atoms with Crippen molar-refractivity contribution in [2.75, 3.05) is 0 Å². The second-order valence-electron chi connectivity index (χ2n) is 5.36. The first-order valence-corrected chi connectivity index (χ1v) is 8.05. The van der Waals surface area contributed by atoms with Gasteiger partial charge in [-0.15, -0.1) is 0 Å². The lowest BCUT2D eigenvalue weighted by molar-refractivity contribution is 0.242. The SMILES string of the molecule is CCCCCn1c(CS)nc2cc(OC(C)C)ccc21. The van der Waals surface area contributed by atoms with Crippen LogP contribution in [0.3, 0.4) is 0 Å². The zero-order valence-corrected chi connectivity index (χ0v) is 13.5. The van der Waals surface area contributed by atoms with Crippen LogP contribution in [0.25, 0.3) is 11.0 Å². The van der Waals surface area contributed by atoms with Gasteiger partial charge in [-0.25, -0.2) is 4.98 Å². The summed E-state index contributed by atoms with van der Waals surface area (Å²) in [6.07, 6.45) is 3.85. The fourth-order valence-corrected chi connectivity index (χ4v) is 2.64. The van der Waals surface area contributed by atoms with E-state index in [-0.39, 0.29) is 6.10 Å². The molecule has 0 aliphatic rings. The van der Waals surface area contributed by atoms with E-state index in [1.54, 1.807) is 0 Å². The minimum absolute atomic E-state index is 0.184. The van der Waals surface area contributed by atoms with Gasteiger partial charge in [0.05, 0.1) is 17.1 Å². The van der Waals surface area contributed by atoms with Crippen molar-refractivity contribution >= 4 is 23.7 Å². The van der Waals surface area contributed by atoms with Crippen molar-refractivity contribution < 1.29 is 4.74 Å². The van der Waals surface area contributed by atoms with E-state index in [0.717, 1.165) is 23.6 Å². The number of rotatable bonds is 7. The molecule has 0 spiro atoms. The molecule has 0 unspecified atom stereocenters. The van der Waals surface area contributed by atoms with Crippen molar-refractivity contribution in [2.45, 2.75) is 58.4 Å². The van der Waals surface area contributed by atoms with Crippen molar-refractivity contribution in [2.24, 2.45) is 0 Å². The molecule has 1 aromatic heterocycles. The molecule has 0 bridgehead atoms. The third-order valence-corrected chi connectivity index (χ3v) is 3.58. The smallest absolute Gasteiger partial charge is 0.121 e. The minimum Gasteiger partial charge on any atom is -0.491 e. The molecule has 4 heteroatoms. The highest BCUT2D eigenvalue weighted by atomic mass is 32.1. The standard InChI is InChI=1S/C16H24N2OS/c1-4-5-6-9-18-15-8-7-13(19-12(2)3)10-14(15)17-16(18)11-20/h7-8,10,12,20H,4-6,9,11H2,1-3H3. The predicted octanol–water partition coefficient (Wildman–Crippen LogP) is 4.44. The average molecular weight is 292 g/mol. The number of ether oxygens (including phenoxy) is 1. The molecule has 0 saturated carbocycles. The lowest BCUT2D eigenvalue weighted by Crippen LogP contribution is -2.05. The molecule has 0 radical (unpaired) electrons. The maximum Gasteiger partial charge on any atom is 0.121 e. The molecule has 0 N–H and O–H groups in total. The van der Waals surface area contributed by atoms with Gasteiger partial charge >= 0.3 is 0 Å². The van der Waals surface area contributed by atoms with Gasteiger partial charge in [0.1, 0.15) is 11.6 Å². The quantitative estimate of drug-likeness (QED) is 0.603. The Kier molecular flexibility index (Phi) is 5.35. The number of benzene rings is 1. The number of hydrogen-bond donors (Lipinski definition) is 1. The maximum atomic E-state index is 5.74. The highest BCUT2D eigenvalue weighted by molar-refractivity contribution is 7.79. The Morgan fingerprint density at radius 2 is 2.10 bits per heavy atom. The van der Waals surface area contributed by atoms with E-state index in [2.05, 4.69) is 35.2 Å². The molecule has 0 aliphatic carbocycles. The van der Waals surface area contributed by atoms with Crippen molar-refractivity contribution in [1.29, 1.82) is 0 Å². The van der Waals surface area contributed by atoms with Gasteiger partial charge in [0, 0.05) is 18.4 Å². The lowest BCUT2D eigenvalue weighted by Gasteiger charge is -2.10. The zero-order chi connectivity index (χ0) is 14.5. The third-order valence-electron chi connectivity index (χ3n) is 3.30. The molecule has 1 aromatic carbocycles. The summed E-state index contributed by atoms with van der Waals surface area (Å²) in [7, 11) is 0. The molecular weight excluding hydrogens is 268 g/mol. The summed E-state index contributed by atoms with van der Waals surface area (Å²) in [4.78, 5) is 4.68. The van der Waals surface area contributed by atoms with E-state index in [4.69, 9.17) is 4.74 Å². The molecule has 0 saturated heterocycles. The van der Waals surface area contributed by atoms with Crippen molar-refractivity contribution in [3.8, 4) is 5.75 Å². The molecular formula is C16H24N2OS. The number of imidazole rings is 1. The van der Waals surface area contributed by atoms with Crippen molar-refractivity contribution in [1.82, 2.24) is 9.55 Å². The van der Waals surface area contributed by atoms with E-state index in [0.29, 0.717) is 5.75 Å². The Morgan fingerprint density at radius 1 is 1.30 bits per heavy atom. The van der Waals surface area contributed by atoms with Crippen LogP contribution in [0.2, 0.25) is 0 Å². The van der Waals surface area contributed by atoms with E-state index in [1.165, 1.54) is 24.8 Å². The van der Waals surface area contributed by atoms with E-state index in [1.807, 2.05) is 26.0 Å². The van der Waals surface area contributed by atoms with E-state index in [9.17, 15) is 0 Å². The van der Waals surface area contributed by atoms with Crippen LogP contribution in [0.15, 0.2) is 18.2 Å². The first kappa shape index (κ1) is 15.2. The number of hydrogen-bond acceptors (Lipinski definition) is 3. The van der Waals surface area contributed by atoms with Gasteiger partial charge in [-0.05, 0) is 32.4 Å². The van der Waals surface area contributed by atoms with Gasteiger partial charge in [0.2, 0.25) is 0 Å². The number of thiol groups is 1. The number of unbranched alkanes of at least 4 members (excludes halogenated alkanes) is 2. The highest BCUT2D eigenvalue weighted by Crippen LogP contribution is 2.24. The van der Waals surface area contributed by atoms with Crippen LogP contribution in [0.1, 0.15) is 45.9 Å². The molecule has 0 aliphatic heterocycles. The summed E-state index contributed by atoms with van der Waals surface area (Å²) >= 11 is 4.40. The summed E-state index contributed by atoms with van der Waals surface area (Å²) in [6, 6.07) is 6.17. The topological polar surface area (TPSA) is 27.1 Å². The summed E-state index contributed by atoms with van der Waals surface area (Å²) in [5.74, 6) is 2.60. The molecule has 2 rings (SSSR count). The largest absolute Gasteiger partial charge is 0.491 e. The molecule has 110 valence electrons. The Bertz CT molecular complexity index is 563. The van der Waals surface area contributed by atoms with Gasteiger partial charge in [0.25, 0.3) is 0 Å². The Hall–Kier alpha value is -1.16. The normalized spacial score (nSPS) is 11.4. The molecule has 20 heavy (non-hydrogen) atoms. The maximum absolute atomic E-state index is 5.74. The lowest BCUT2D eigenvalue weighted by atomic mass is 10.2. The first-order valence-electron chi connectivity index (χ1n) is 7.42. The van der Waals surface area contributed by atoms with Gasteiger partial charge in [-0.2, -0.15) is 12.6 Å². The van der Waals surface area contributed by atoms with Gasteiger partial charge in [0.15, 0.2) is 0 Å².